The highest BCUT2D eigenvalue weighted by molar-refractivity contribution is 7.86. The number of anilines is 2. The molecule has 26 heavy (non-hydrogen) atoms. The Morgan fingerprint density at radius 2 is 1.96 bits per heavy atom. The molecule has 1 saturated heterocycles. The number of rotatable bonds is 5. The fraction of sp³-hybridized carbons (Fsp3) is 0.471. The summed E-state index contributed by atoms with van der Waals surface area (Å²) < 4.78 is 27.7. The molecule has 0 amide bonds. The van der Waals surface area contributed by atoms with Gasteiger partial charge in [-0.05, 0) is 38.0 Å². The molecule has 2 aromatic rings. The second kappa shape index (κ2) is 7.65. The van der Waals surface area contributed by atoms with Crippen LogP contribution in [0.5, 0.6) is 0 Å². The molecule has 8 nitrogen and oxygen atoms in total. The van der Waals surface area contributed by atoms with E-state index in [1.54, 1.807) is 36.9 Å². The van der Waals surface area contributed by atoms with Crippen LogP contribution < -0.4 is 5.32 Å². The van der Waals surface area contributed by atoms with Gasteiger partial charge in [0.05, 0.1) is 0 Å². The molecular weight excluding hydrogens is 352 g/mol. The van der Waals surface area contributed by atoms with E-state index in [9.17, 15) is 8.42 Å². The molecule has 0 radical (unpaired) electrons. The third kappa shape index (κ3) is 4.17. The Morgan fingerprint density at radius 1 is 1.23 bits per heavy atom. The summed E-state index contributed by atoms with van der Waals surface area (Å²) in [6, 6.07) is 5.65. The van der Waals surface area contributed by atoms with Gasteiger partial charge in [0.1, 0.15) is 0 Å². The molecule has 0 spiro atoms. The van der Waals surface area contributed by atoms with E-state index < -0.39 is 10.2 Å². The molecule has 2 aromatic heterocycles. The molecule has 3 heterocycles. The lowest BCUT2D eigenvalue weighted by Gasteiger charge is -2.33. The number of nitrogens with one attached hydrogen (secondary N) is 1. The minimum Gasteiger partial charge on any atom is -0.324 e. The predicted octanol–water partition coefficient (Wildman–Crippen LogP) is 1.91. The Balaban J connectivity index is 1.82. The Hall–Kier alpha value is -2.10. The Kier molecular flexibility index (Phi) is 5.49. The van der Waals surface area contributed by atoms with Crippen LogP contribution in [0.4, 0.5) is 11.6 Å². The van der Waals surface area contributed by atoms with Crippen molar-refractivity contribution in [1.82, 2.24) is 23.6 Å². The summed E-state index contributed by atoms with van der Waals surface area (Å²) in [6.45, 7) is 2.92. The van der Waals surface area contributed by atoms with Gasteiger partial charge in [0, 0.05) is 62.6 Å². The maximum Gasteiger partial charge on any atom is 0.281 e. The maximum absolute atomic E-state index is 12.4. The van der Waals surface area contributed by atoms with Gasteiger partial charge in [0.2, 0.25) is 5.95 Å². The molecule has 1 fully saturated rings. The van der Waals surface area contributed by atoms with Crippen LogP contribution in [0.25, 0.3) is 0 Å². The van der Waals surface area contributed by atoms with E-state index in [4.69, 9.17) is 0 Å². The Morgan fingerprint density at radius 3 is 2.65 bits per heavy atom. The van der Waals surface area contributed by atoms with Gasteiger partial charge in [-0.2, -0.15) is 17.0 Å². The number of piperidine rings is 1. The van der Waals surface area contributed by atoms with Gasteiger partial charge >= 0.3 is 0 Å². The SMILES string of the molecule is Cc1cc(Nc2ncccn2)cc(C2CCCN(S(=O)(=O)N(C)C)C2)n1. The number of hydrogen-bond acceptors (Lipinski definition) is 6. The van der Waals surface area contributed by atoms with Gasteiger partial charge in [-0.25, -0.2) is 9.97 Å². The van der Waals surface area contributed by atoms with Crippen molar-refractivity contribution in [2.45, 2.75) is 25.7 Å². The van der Waals surface area contributed by atoms with E-state index >= 15 is 0 Å². The first-order valence-corrected chi connectivity index (χ1v) is 9.96. The third-order valence-corrected chi connectivity index (χ3v) is 6.29. The van der Waals surface area contributed by atoms with Gasteiger partial charge in [-0.1, -0.05) is 0 Å². The highest BCUT2D eigenvalue weighted by Gasteiger charge is 2.31. The molecule has 1 N–H and O–H groups in total. The lowest BCUT2D eigenvalue weighted by Crippen LogP contribution is -2.45. The smallest absolute Gasteiger partial charge is 0.281 e. The van der Waals surface area contributed by atoms with Crippen molar-refractivity contribution in [3.8, 4) is 0 Å². The molecule has 0 bridgehead atoms. The summed E-state index contributed by atoms with van der Waals surface area (Å²) in [5.74, 6) is 0.583. The molecule has 1 unspecified atom stereocenters. The van der Waals surface area contributed by atoms with Gasteiger partial charge in [0.15, 0.2) is 0 Å². The summed E-state index contributed by atoms with van der Waals surface area (Å²) in [6.07, 6.45) is 5.08. The van der Waals surface area contributed by atoms with Crippen LogP contribution in [-0.2, 0) is 10.2 Å². The van der Waals surface area contributed by atoms with Crippen molar-refractivity contribution >= 4 is 21.8 Å². The van der Waals surface area contributed by atoms with Crippen molar-refractivity contribution < 1.29 is 8.42 Å². The molecule has 1 aliphatic heterocycles. The largest absolute Gasteiger partial charge is 0.324 e. The molecule has 3 rings (SSSR count). The standard InChI is InChI=1S/C17H24N6O2S/c1-13-10-15(21-17-18-7-5-8-19-17)11-16(20-13)14-6-4-9-23(12-14)26(24,25)22(2)3/h5,7-8,10-11,14H,4,6,9,12H2,1-3H3,(H,18,19,20,21). The summed E-state index contributed by atoms with van der Waals surface area (Å²) in [7, 11) is -0.284. The van der Waals surface area contributed by atoms with Crippen molar-refractivity contribution in [2.75, 3.05) is 32.5 Å². The van der Waals surface area contributed by atoms with Crippen molar-refractivity contribution in [1.29, 1.82) is 0 Å². The van der Waals surface area contributed by atoms with E-state index in [0.717, 1.165) is 29.9 Å². The molecular formula is C17H24N6O2S. The zero-order valence-electron chi connectivity index (χ0n) is 15.3. The molecule has 1 atom stereocenters. The monoisotopic (exact) mass is 376 g/mol. The van der Waals surface area contributed by atoms with E-state index in [1.165, 1.54) is 4.31 Å². The number of pyridine rings is 1. The number of aromatic nitrogens is 3. The van der Waals surface area contributed by atoms with Crippen molar-refractivity contribution in [2.24, 2.45) is 0 Å². The predicted molar refractivity (Wildman–Crippen MR) is 100 cm³/mol. The summed E-state index contributed by atoms with van der Waals surface area (Å²) >= 11 is 0. The number of nitrogens with zero attached hydrogens (tertiary/aromatic N) is 5. The van der Waals surface area contributed by atoms with Crippen LogP contribution in [-0.4, -0.2) is 59.2 Å². The third-order valence-electron chi connectivity index (χ3n) is 4.39. The lowest BCUT2D eigenvalue weighted by molar-refractivity contribution is 0.296. The quantitative estimate of drug-likeness (QED) is 0.857. The van der Waals surface area contributed by atoms with E-state index in [-0.39, 0.29) is 5.92 Å². The average Bonchev–Trinajstić information content (AvgIpc) is 2.62. The maximum atomic E-state index is 12.4. The van der Waals surface area contributed by atoms with E-state index in [0.29, 0.717) is 19.0 Å². The number of hydrogen-bond donors (Lipinski definition) is 1. The summed E-state index contributed by atoms with van der Waals surface area (Å²) in [4.78, 5) is 13.0. The minimum atomic E-state index is -3.41. The van der Waals surface area contributed by atoms with E-state index in [1.807, 2.05) is 19.1 Å². The van der Waals surface area contributed by atoms with E-state index in [2.05, 4.69) is 20.3 Å². The summed E-state index contributed by atoms with van der Waals surface area (Å²) in [5.41, 5.74) is 2.61. The first kappa shape index (κ1) is 18.7. The average molecular weight is 376 g/mol. The highest BCUT2D eigenvalue weighted by Crippen LogP contribution is 2.29. The normalized spacial score (nSPS) is 18.8. The highest BCUT2D eigenvalue weighted by atomic mass is 32.2. The zero-order valence-corrected chi connectivity index (χ0v) is 16.1. The van der Waals surface area contributed by atoms with Crippen LogP contribution in [0.15, 0.2) is 30.6 Å². The van der Waals surface area contributed by atoms with Crippen LogP contribution in [0.3, 0.4) is 0 Å². The fourth-order valence-corrected chi connectivity index (χ4v) is 4.28. The lowest BCUT2D eigenvalue weighted by atomic mass is 9.95. The van der Waals surface area contributed by atoms with Crippen molar-refractivity contribution in [3.05, 3.63) is 42.0 Å². The fourth-order valence-electron chi connectivity index (χ4n) is 3.09. The Labute approximate surface area is 154 Å². The molecule has 0 saturated carbocycles. The topological polar surface area (TPSA) is 91.3 Å². The number of aryl methyl sites for hydroxylation is 1. The van der Waals surface area contributed by atoms with Gasteiger partial charge < -0.3 is 5.32 Å². The molecule has 140 valence electrons. The van der Waals surface area contributed by atoms with Gasteiger partial charge in [-0.15, -0.1) is 0 Å². The molecule has 0 aromatic carbocycles. The minimum absolute atomic E-state index is 0.0654. The second-order valence-corrected chi connectivity index (χ2v) is 8.75. The molecule has 1 aliphatic rings. The van der Waals surface area contributed by atoms with Gasteiger partial charge in [0.25, 0.3) is 10.2 Å². The van der Waals surface area contributed by atoms with Crippen LogP contribution in [0, 0.1) is 6.92 Å². The second-order valence-electron chi connectivity index (χ2n) is 6.61. The van der Waals surface area contributed by atoms with Crippen LogP contribution in [0.2, 0.25) is 0 Å². The first-order valence-electron chi connectivity index (χ1n) is 8.56. The van der Waals surface area contributed by atoms with Crippen LogP contribution >= 0.6 is 0 Å². The zero-order chi connectivity index (χ0) is 18.7. The Bertz CT molecular complexity index is 857. The summed E-state index contributed by atoms with van der Waals surface area (Å²) in [5, 5.41) is 3.18. The molecule has 9 heteroatoms. The van der Waals surface area contributed by atoms with Gasteiger partial charge in [-0.3, -0.25) is 4.98 Å². The van der Waals surface area contributed by atoms with Crippen molar-refractivity contribution in [3.63, 3.8) is 0 Å². The first-order chi connectivity index (χ1) is 12.4. The molecule has 0 aliphatic carbocycles. The van der Waals surface area contributed by atoms with Crippen LogP contribution in [0.1, 0.15) is 30.1 Å².